The number of aryl methyl sites for hydroxylation is 1. The van der Waals surface area contributed by atoms with Gasteiger partial charge in [0.15, 0.2) is 5.69 Å². The summed E-state index contributed by atoms with van der Waals surface area (Å²) in [6.45, 7) is 2.00. The van der Waals surface area contributed by atoms with Gasteiger partial charge in [0.25, 0.3) is 5.91 Å². The largest absolute Gasteiger partial charge is 0.489 e. The van der Waals surface area contributed by atoms with Gasteiger partial charge in [-0.15, -0.1) is 0 Å². The molecule has 1 aliphatic heterocycles. The van der Waals surface area contributed by atoms with Gasteiger partial charge in [0.05, 0.1) is 17.7 Å². The highest BCUT2D eigenvalue weighted by atomic mass is 19.4. The molecule has 176 valence electrons. The number of pyridine rings is 1. The summed E-state index contributed by atoms with van der Waals surface area (Å²) in [6.07, 6.45) is -2.58. The number of carbonyl (C=O) groups is 1. The smallest absolute Gasteiger partial charge is 0.433 e. The van der Waals surface area contributed by atoms with Crippen molar-refractivity contribution in [2.75, 3.05) is 19.8 Å². The summed E-state index contributed by atoms with van der Waals surface area (Å²) in [5.41, 5.74) is -1.01. The number of nitrogens with zero attached hydrogens (tertiary/aromatic N) is 1. The average Bonchev–Trinajstić information content (AvgIpc) is 3.35. The van der Waals surface area contributed by atoms with E-state index in [0.717, 1.165) is 6.20 Å². The zero-order valence-electron chi connectivity index (χ0n) is 17.9. The molecule has 2 N–H and O–H groups in total. The van der Waals surface area contributed by atoms with E-state index in [2.05, 4.69) is 10.3 Å². The maximum absolute atomic E-state index is 13.2. The fourth-order valence-corrected chi connectivity index (χ4v) is 4.03. The Kier molecular flexibility index (Phi) is 6.31. The predicted octanol–water partition coefficient (Wildman–Crippen LogP) is 4.01. The van der Waals surface area contributed by atoms with Crippen molar-refractivity contribution < 1.29 is 37.0 Å². The molecule has 4 rings (SSSR count). The number of aliphatic hydroxyl groups excluding tert-OH is 1. The van der Waals surface area contributed by atoms with Gasteiger partial charge in [-0.05, 0) is 44.0 Å². The van der Waals surface area contributed by atoms with E-state index in [-0.39, 0.29) is 30.4 Å². The molecular formula is C23H23F3N2O5. The summed E-state index contributed by atoms with van der Waals surface area (Å²) in [5.74, 6) is 0.293. The van der Waals surface area contributed by atoms with Crippen LogP contribution in [0.2, 0.25) is 0 Å². The van der Waals surface area contributed by atoms with E-state index in [0.29, 0.717) is 48.3 Å². The number of fused-ring (bicyclic) bond motifs is 1. The van der Waals surface area contributed by atoms with E-state index < -0.39 is 17.4 Å². The molecule has 1 aliphatic rings. The summed E-state index contributed by atoms with van der Waals surface area (Å²) >= 11 is 0. The molecule has 1 atom stereocenters. The lowest BCUT2D eigenvalue weighted by molar-refractivity contribution is -0.142. The second-order valence-electron chi connectivity index (χ2n) is 8.00. The number of amides is 1. The van der Waals surface area contributed by atoms with Gasteiger partial charge in [0, 0.05) is 30.4 Å². The van der Waals surface area contributed by atoms with Gasteiger partial charge in [-0.1, -0.05) is 6.07 Å². The van der Waals surface area contributed by atoms with Crippen molar-refractivity contribution in [3.63, 3.8) is 0 Å². The Bertz CT molecular complexity index is 1150. The van der Waals surface area contributed by atoms with Crippen LogP contribution in [0.25, 0.3) is 11.0 Å². The van der Waals surface area contributed by atoms with Crippen molar-refractivity contribution in [3.8, 4) is 5.75 Å². The minimum absolute atomic E-state index is 0.0962. The number of benzene rings is 1. The van der Waals surface area contributed by atoms with Crippen molar-refractivity contribution in [3.05, 3.63) is 59.1 Å². The number of halogens is 3. The van der Waals surface area contributed by atoms with E-state index in [1.807, 2.05) is 0 Å². The zero-order valence-corrected chi connectivity index (χ0v) is 17.9. The Morgan fingerprint density at radius 1 is 1.33 bits per heavy atom. The standard InChI is InChI=1S/C23H23F3N2O5/c1-14-19(21(30)28-22(6-9-29)7-10-31-13-22)17-11-16(4-5-18(17)33-14)32-12-15-3-2-8-27-20(15)23(24,25)26/h2-5,8,11,29H,6-7,9-10,12-13H2,1H3,(H,28,30). The highest BCUT2D eigenvalue weighted by molar-refractivity contribution is 6.07. The van der Waals surface area contributed by atoms with Gasteiger partial charge in [-0.3, -0.25) is 9.78 Å². The second-order valence-corrected chi connectivity index (χ2v) is 8.00. The SMILES string of the molecule is Cc1oc2ccc(OCc3cccnc3C(F)(F)F)cc2c1C(=O)NC1(CCO)CCOC1. The highest BCUT2D eigenvalue weighted by Crippen LogP contribution is 2.33. The molecule has 1 unspecified atom stereocenters. The minimum Gasteiger partial charge on any atom is -0.489 e. The Labute approximate surface area is 187 Å². The molecule has 10 heteroatoms. The van der Waals surface area contributed by atoms with Crippen LogP contribution in [-0.2, 0) is 17.5 Å². The first-order valence-corrected chi connectivity index (χ1v) is 10.4. The molecule has 0 saturated carbocycles. The quantitative estimate of drug-likeness (QED) is 0.549. The van der Waals surface area contributed by atoms with Crippen LogP contribution in [0.15, 0.2) is 40.9 Å². The topological polar surface area (TPSA) is 93.8 Å². The number of carbonyl (C=O) groups excluding carboxylic acids is 1. The van der Waals surface area contributed by atoms with Crippen LogP contribution in [0, 0.1) is 6.92 Å². The number of rotatable bonds is 7. The van der Waals surface area contributed by atoms with Crippen molar-refractivity contribution in [2.24, 2.45) is 0 Å². The predicted molar refractivity (Wildman–Crippen MR) is 112 cm³/mol. The molecular weight excluding hydrogens is 441 g/mol. The van der Waals surface area contributed by atoms with Crippen LogP contribution >= 0.6 is 0 Å². The molecule has 0 aliphatic carbocycles. The first kappa shape index (κ1) is 23.1. The van der Waals surface area contributed by atoms with Crippen LogP contribution in [-0.4, -0.2) is 41.4 Å². The monoisotopic (exact) mass is 464 g/mol. The number of alkyl halides is 3. The number of hydrogen-bond acceptors (Lipinski definition) is 6. The molecule has 33 heavy (non-hydrogen) atoms. The van der Waals surface area contributed by atoms with Gasteiger partial charge in [0.1, 0.15) is 23.7 Å². The first-order valence-electron chi connectivity index (χ1n) is 10.4. The number of aromatic nitrogens is 1. The second kappa shape index (κ2) is 9.03. The van der Waals surface area contributed by atoms with Crippen molar-refractivity contribution in [2.45, 2.75) is 38.1 Å². The molecule has 0 spiro atoms. The van der Waals surface area contributed by atoms with Crippen molar-refractivity contribution in [1.82, 2.24) is 10.3 Å². The third kappa shape index (κ3) is 4.81. The Balaban J connectivity index is 1.59. The lowest BCUT2D eigenvalue weighted by Crippen LogP contribution is -2.49. The maximum Gasteiger partial charge on any atom is 0.433 e. The van der Waals surface area contributed by atoms with Crippen LogP contribution in [0.5, 0.6) is 5.75 Å². The zero-order chi connectivity index (χ0) is 23.6. The van der Waals surface area contributed by atoms with E-state index in [1.165, 1.54) is 12.1 Å². The summed E-state index contributed by atoms with van der Waals surface area (Å²) in [4.78, 5) is 16.6. The van der Waals surface area contributed by atoms with Gasteiger partial charge in [-0.25, -0.2) is 0 Å². The van der Waals surface area contributed by atoms with E-state index in [4.69, 9.17) is 13.9 Å². The summed E-state index contributed by atoms with van der Waals surface area (Å²) in [6, 6.07) is 7.45. The first-order chi connectivity index (χ1) is 15.7. The molecule has 1 amide bonds. The third-order valence-electron chi connectivity index (χ3n) is 5.69. The molecule has 1 fully saturated rings. The fourth-order valence-electron chi connectivity index (χ4n) is 4.03. The molecule has 7 nitrogen and oxygen atoms in total. The number of furan rings is 1. The molecule has 3 aromatic rings. The molecule has 1 saturated heterocycles. The van der Waals surface area contributed by atoms with Crippen molar-refractivity contribution >= 4 is 16.9 Å². The molecule has 0 radical (unpaired) electrons. The summed E-state index contributed by atoms with van der Waals surface area (Å²) < 4.78 is 56.3. The number of hydrogen-bond donors (Lipinski definition) is 2. The Morgan fingerprint density at radius 2 is 2.15 bits per heavy atom. The number of nitrogens with one attached hydrogen (secondary N) is 1. The van der Waals surface area contributed by atoms with Gasteiger partial charge in [-0.2, -0.15) is 13.2 Å². The van der Waals surface area contributed by atoms with Crippen LogP contribution in [0.3, 0.4) is 0 Å². The maximum atomic E-state index is 13.2. The van der Waals surface area contributed by atoms with Crippen LogP contribution in [0.4, 0.5) is 13.2 Å². The normalized spacial score (nSPS) is 18.6. The van der Waals surface area contributed by atoms with E-state index in [9.17, 15) is 23.1 Å². The van der Waals surface area contributed by atoms with Crippen molar-refractivity contribution in [1.29, 1.82) is 0 Å². The van der Waals surface area contributed by atoms with E-state index >= 15 is 0 Å². The Morgan fingerprint density at radius 3 is 2.85 bits per heavy atom. The minimum atomic E-state index is -4.59. The highest BCUT2D eigenvalue weighted by Gasteiger charge is 2.37. The summed E-state index contributed by atoms with van der Waals surface area (Å²) in [5, 5.41) is 12.9. The summed E-state index contributed by atoms with van der Waals surface area (Å²) in [7, 11) is 0. The number of aliphatic hydroxyl groups is 1. The molecule has 0 bridgehead atoms. The van der Waals surface area contributed by atoms with Gasteiger partial charge >= 0.3 is 6.18 Å². The fraction of sp³-hybridized carbons (Fsp3) is 0.391. The number of ether oxygens (including phenoxy) is 2. The third-order valence-corrected chi connectivity index (χ3v) is 5.69. The van der Waals surface area contributed by atoms with Gasteiger partial charge < -0.3 is 24.3 Å². The molecule has 3 heterocycles. The van der Waals surface area contributed by atoms with E-state index in [1.54, 1.807) is 25.1 Å². The molecule has 1 aromatic carbocycles. The average molecular weight is 464 g/mol. The lowest BCUT2D eigenvalue weighted by Gasteiger charge is -2.28. The lowest BCUT2D eigenvalue weighted by atomic mass is 9.94. The van der Waals surface area contributed by atoms with Gasteiger partial charge in [0.2, 0.25) is 0 Å². The Hall–Kier alpha value is -3.11. The molecule has 2 aromatic heterocycles. The van der Waals surface area contributed by atoms with Crippen LogP contribution < -0.4 is 10.1 Å². The van der Waals surface area contributed by atoms with Crippen LogP contribution in [0.1, 0.15) is 40.2 Å².